The average molecular weight is 344 g/mol. The number of aliphatic hydroxyl groups is 2. The molecule has 2 rings (SSSR count). The number of ether oxygens (including phenoxy) is 1. The molecule has 3 N–H and O–H groups in total. The van der Waals surface area contributed by atoms with Crippen LogP contribution in [-0.4, -0.2) is 27.9 Å². The third kappa shape index (κ3) is 5.31. The van der Waals surface area contributed by atoms with E-state index in [0.717, 1.165) is 5.56 Å². The van der Waals surface area contributed by atoms with Crippen LogP contribution in [0.1, 0.15) is 54.1 Å². The van der Waals surface area contributed by atoms with Crippen LogP contribution in [-0.2, 0) is 5.79 Å². The molecule has 134 valence electrons. The van der Waals surface area contributed by atoms with Gasteiger partial charge in [-0.25, -0.2) is 4.79 Å². The molecule has 0 bridgehead atoms. The quantitative estimate of drug-likeness (QED) is 0.504. The fraction of sp³-hybridized carbons (Fsp3) is 0.350. The number of carbonyl (C=O) groups is 1. The fourth-order valence-corrected chi connectivity index (χ4v) is 2.48. The zero-order chi connectivity index (χ0) is 18.4. The van der Waals surface area contributed by atoms with E-state index in [0.29, 0.717) is 30.3 Å². The molecule has 0 radical (unpaired) electrons. The van der Waals surface area contributed by atoms with Crippen LogP contribution in [0.2, 0.25) is 0 Å². The zero-order valence-corrected chi connectivity index (χ0v) is 14.5. The van der Waals surface area contributed by atoms with Crippen LogP contribution >= 0.6 is 0 Å². The average Bonchev–Trinajstić information content (AvgIpc) is 2.59. The minimum absolute atomic E-state index is 0.140. The Kier molecular flexibility index (Phi) is 6.17. The van der Waals surface area contributed by atoms with E-state index >= 15 is 0 Å². The highest BCUT2D eigenvalue weighted by Gasteiger charge is 2.25. The molecule has 0 saturated heterocycles. The van der Waals surface area contributed by atoms with Crippen molar-refractivity contribution in [2.75, 3.05) is 6.61 Å². The van der Waals surface area contributed by atoms with Gasteiger partial charge in [0.25, 0.3) is 0 Å². The van der Waals surface area contributed by atoms with Gasteiger partial charge < -0.3 is 20.1 Å². The molecule has 0 spiro atoms. The standard InChI is InChI=1S/C20H24O5/c1-14(2)15-4-8-17(9-5-15)20(23,24)12-3-13-25-18-10-6-16(7-11-18)19(21)22/h4-11,14,23-24H,3,12-13H2,1-2H3,(H,21,22). The third-order valence-corrected chi connectivity index (χ3v) is 4.08. The molecule has 0 heterocycles. The molecule has 0 unspecified atom stereocenters. The van der Waals surface area contributed by atoms with Crippen LogP contribution in [0.25, 0.3) is 0 Å². The lowest BCUT2D eigenvalue weighted by atomic mass is 9.96. The first kappa shape index (κ1) is 19.0. The highest BCUT2D eigenvalue weighted by Crippen LogP contribution is 2.25. The molecule has 2 aromatic rings. The maximum atomic E-state index is 10.8. The number of carboxylic acid groups (broad SMARTS) is 1. The second-order valence-corrected chi connectivity index (χ2v) is 6.37. The number of aromatic carboxylic acids is 1. The molecule has 0 aliphatic rings. The van der Waals surface area contributed by atoms with Crippen molar-refractivity contribution in [1.82, 2.24) is 0 Å². The molecule has 0 saturated carbocycles. The van der Waals surface area contributed by atoms with Gasteiger partial charge in [-0.1, -0.05) is 38.1 Å². The van der Waals surface area contributed by atoms with Crippen molar-refractivity contribution in [2.45, 2.75) is 38.4 Å². The van der Waals surface area contributed by atoms with Crippen molar-refractivity contribution < 1.29 is 24.9 Å². The Morgan fingerprint density at radius 3 is 2.16 bits per heavy atom. The van der Waals surface area contributed by atoms with Crippen LogP contribution in [0.15, 0.2) is 48.5 Å². The van der Waals surface area contributed by atoms with E-state index < -0.39 is 11.8 Å². The molecule has 0 amide bonds. The molecule has 0 aliphatic heterocycles. The topological polar surface area (TPSA) is 87.0 Å². The highest BCUT2D eigenvalue weighted by molar-refractivity contribution is 5.87. The van der Waals surface area contributed by atoms with Crippen molar-refractivity contribution in [3.8, 4) is 5.75 Å². The molecule has 5 heteroatoms. The first-order valence-corrected chi connectivity index (χ1v) is 8.31. The van der Waals surface area contributed by atoms with Gasteiger partial charge in [0, 0.05) is 12.0 Å². The summed E-state index contributed by atoms with van der Waals surface area (Å²) in [6, 6.07) is 13.4. The summed E-state index contributed by atoms with van der Waals surface area (Å²) in [7, 11) is 0. The van der Waals surface area contributed by atoms with Gasteiger partial charge in [-0.15, -0.1) is 0 Å². The lowest BCUT2D eigenvalue weighted by Crippen LogP contribution is -2.25. The van der Waals surface area contributed by atoms with Gasteiger partial charge in [-0.3, -0.25) is 0 Å². The third-order valence-electron chi connectivity index (χ3n) is 4.08. The first-order valence-electron chi connectivity index (χ1n) is 8.31. The molecule has 0 fully saturated rings. The van der Waals surface area contributed by atoms with Gasteiger partial charge in [0.1, 0.15) is 5.75 Å². The van der Waals surface area contributed by atoms with Crippen molar-refractivity contribution in [3.05, 3.63) is 65.2 Å². The predicted molar refractivity (Wildman–Crippen MR) is 94.8 cm³/mol. The van der Waals surface area contributed by atoms with Crippen molar-refractivity contribution in [3.63, 3.8) is 0 Å². The maximum Gasteiger partial charge on any atom is 0.335 e. The van der Waals surface area contributed by atoms with Gasteiger partial charge >= 0.3 is 5.97 Å². The van der Waals surface area contributed by atoms with Crippen molar-refractivity contribution in [1.29, 1.82) is 0 Å². The molecule has 2 aromatic carbocycles. The second-order valence-electron chi connectivity index (χ2n) is 6.37. The summed E-state index contributed by atoms with van der Waals surface area (Å²) < 4.78 is 5.51. The summed E-state index contributed by atoms with van der Waals surface area (Å²) in [6.07, 6.45) is 0.584. The van der Waals surface area contributed by atoms with Gasteiger partial charge in [-0.2, -0.15) is 0 Å². The Labute approximate surface area is 147 Å². The predicted octanol–water partition coefficient (Wildman–Crippen LogP) is 3.50. The van der Waals surface area contributed by atoms with Crippen molar-refractivity contribution in [2.24, 2.45) is 0 Å². The lowest BCUT2D eigenvalue weighted by Gasteiger charge is -2.23. The van der Waals surface area contributed by atoms with E-state index in [-0.39, 0.29) is 12.0 Å². The summed E-state index contributed by atoms with van der Waals surface area (Å²) in [5.74, 6) is -1.94. The molecular weight excluding hydrogens is 320 g/mol. The number of benzene rings is 2. The Bertz CT molecular complexity index is 687. The van der Waals surface area contributed by atoms with E-state index in [4.69, 9.17) is 9.84 Å². The highest BCUT2D eigenvalue weighted by atomic mass is 16.5. The molecular formula is C20H24O5. The smallest absolute Gasteiger partial charge is 0.335 e. The largest absolute Gasteiger partial charge is 0.494 e. The zero-order valence-electron chi connectivity index (χ0n) is 14.5. The SMILES string of the molecule is CC(C)c1ccc(C(O)(O)CCCOc2ccc(C(=O)O)cc2)cc1. The fourth-order valence-electron chi connectivity index (χ4n) is 2.48. The van der Waals surface area contributed by atoms with E-state index in [9.17, 15) is 15.0 Å². The van der Waals surface area contributed by atoms with E-state index in [2.05, 4.69) is 13.8 Å². The molecule has 25 heavy (non-hydrogen) atoms. The molecule has 0 aromatic heterocycles. The Balaban J connectivity index is 1.84. The van der Waals surface area contributed by atoms with Crippen LogP contribution in [0, 0.1) is 0 Å². The number of carboxylic acids is 1. The van der Waals surface area contributed by atoms with Gasteiger partial charge in [-0.05, 0) is 42.2 Å². The summed E-state index contributed by atoms with van der Waals surface area (Å²) >= 11 is 0. The van der Waals surface area contributed by atoms with Crippen LogP contribution in [0.4, 0.5) is 0 Å². The normalized spacial score (nSPS) is 11.6. The molecule has 0 atom stereocenters. The van der Waals surface area contributed by atoms with Gasteiger partial charge in [0.2, 0.25) is 0 Å². The Hall–Kier alpha value is -2.37. The molecule has 0 aliphatic carbocycles. The van der Waals surface area contributed by atoms with E-state index in [1.165, 1.54) is 12.1 Å². The van der Waals surface area contributed by atoms with Crippen LogP contribution in [0.5, 0.6) is 5.75 Å². The molecule has 5 nitrogen and oxygen atoms in total. The minimum Gasteiger partial charge on any atom is -0.494 e. The summed E-state index contributed by atoms with van der Waals surface area (Å²) in [5.41, 5.74) is 1.80. The van der Waals surface area contributed by atoms with Gasteiger partial charge in [0.15, 0.2) is 5.79 Å². The lowest BCUT2D eigenvalue weighted by molar-refractivity contribution is -0.176. The summed E-state index contributed by atoms with van der Waals surface area (Å²) in [6.45, 7) is 4.47. The number of hydrogen-bond donors (Lipinski definition) is 3. The first-order chi connectivity index (χ1) is 11.8. The second kappa shape index (κ2) is 8.14. The monoisotopic (exact) mass is 344 g/mol. The summed E-state index contributed by atoms with van der Waals surface area (Å²) in [5, 5.41) is 29.3. The maximum absolute atomic E-state index is 10.8. The number of hydrogen-bond acceptors (Lipinski definition) is 4. The van der Waals surface area contributed by atoms with E-state index in [1.807, 2.05) is 12.1 Å². The Morgan fingerprint density at radius 1 is 1.04 bits per heavy atom. The Morgan fingerprint density at radius 2 is 1.64 bits per heavy atom. The minimum atomic E-state index is -1.90. The van der Waals surface area contributed by atoms with Gasteiger partial charge in [0.05, 0.1) is 12.2 Å². The van der Waals surface area contributed by atoms with Crippen LogP contribution in [0.3, 0.4) is 0 Å². The summed E-state index contributed by atoms with van der Waals surface area (Å²) in [4.78, 5) is 10.8. The number of rotatable bonds is 8. The van der Waals surface area contributed by atoms with Crippen LogP contribution < -0.4 is 4.74 Å². The van der Waals surface area contributed by atoms with Crippen molar-refractivity contribution >= 4 is 5.97 Å². The van der Waals surface area contributed by atoms with E-state index in [1.54, 1.807) is 24.3 Å².